The van der Waals surface area contributed by atoms with Gasteiger partial charge in [-0.1, -0.05) is 34.1 Å². The van der Waals surface area contributed by atoms with E-state index in [0.717, 1.165) is 10.0 Å². The Morgan fingerprint density at radius 2 is 1.90 bits per heavy atom. The topological polar surface area (TPSA) is 66.4 Å². The van der Waals surface area contributed by atoms with Gasteiger partial charge in [0.15, 0.2) is 0 Å². The zero-order chi connectivity index (χ0) is 15.4. The Labute approximate surface area is 130 Å². The van der Waals surface area contributed by atoms with Crippen molar-refractivity contribution in [3.05, 3.63) is 63.6 Å². The van der Waals surface area contributed by atoms with Gasteiger partial charge < -0.3 is 10.4 Å². The summed E-state index contributed by atoms with van der Waals surface area (Å²) in [6.45, 7) is 1.93. The number of nitrogens with one attached hydrogen (secondary N) is 1. The maximum absolute atomic E-state index is 12.0. The van der Waals surface area contributed by atoms with Gasteiger partial charge in [-0.15, -0.1) is 0 Å². The average Bonchev–Trinajstić information content (AvgIpc) is 2.43. The van der Waals surface area contributed by atoms with Crippen LogP contribution in [0.2, 0.25) is 0 Å². The molecule has 21 heavy (non-hydrogen) atoms. The van der Waals surface area contributed by atoms with Gasteiger partial charge in [0.1, 0.15) is 0 Å². The summed E-state index contributed by atoms with van der Waals surface area (Å²) in [6, 6.07) is 12.0. The highest BCUT2D eigenvalue weighted by atomic mass is 79.9. The average molecular weight is 348 g/mol. The summed E-state index contributed by atoms with van der Waals surface area (Å²) in [5.74, 6) is -1.27. The summed E-state index contributed by atoms with van der Waals surface area (Å²) in [5, 5.41) is 11.9. The Bertz CT molecular complexity index is 698. The standard InChI is InChI=1S/C16H14BrNO3/c1-10-8-12(6-7-14(10)17)18-15(19)9-11-4-2-3-5-13(11)16(20)21/h2-8H,9H2,1H3,(H,18,19)(H,20,21). The van der Waals surface area contributed by atoms with Crippen molar-refractivity contribution in [2.75, 3.05) is 5.32 Å². The molecule has 0 aliphatic rings. The highest BCUT2D eigenvalue weighted by Gasteiger charge is 2.12. The third-order valence-electron chi connectivity index (χ3n) is 3.04. The number of carboxylic acid groups (broad SMARTS) is 1. The Hall–Kier alpha value is -2.14. The number of aryl methyl sites for hydroxylation is 1. The summed E-state index contributed by atoms with van der Waals surface area (Å²) in [7, 11) is 0. The molecule has 2 aromatic rings. The molecule has 5 heteroatoms. The first-order chi connectivity index (χ1) is 9.97. The van der Waals surface area contributed by atoms with Crippen molar-refractivity contribution in [3.63, 3.8) is 0 Å². The van der Waals surface area contributed by atoms with Crippen LogP contribution in [0.25, 0.3) is 0 Å². The number of aromatic carboxylic acids is 1. The van der Waals surface area contributed by atoms with Crippen molar-refractivity contribution < 1.29 is 14.7 Å². The lowest BCUT2D eigenvalue weighted by Crippen LogP contribution is -2.16. The summed E-state index contributed by atoms with van der Waals surface area (Å²) < 4.78 is 0.969. The lowest BCUT2D eigenvalue weighted by molar-refractivity contribution is -0.115. The van der Waals surface area contributed by atoms with Crippen LogP contribution in [0.1, 0.15) is 21.5 Å². The monoisotopic (exact) mass is 347 g/mol. The number of hydrogen-bond acceptors (Lipinski definition) is 2. The minimum absolute atomic E-state index is 0.0254. The molecule has 0 saturated heterocycles. The fourth-order valence-electron chi connectivity index (χ4n) is 1.98. The molecule has 0 unspecified atom stereocenters. The zero-order valence-electron chi connectivity index (χ0n) is 11.4. The molecule has 2 N–H and O–H groups in total. The second-order valence-corrected chi connectivity index (χ2v) is 5.51. The van der Waals surface area contributed by atoms with Crippen LogP contribution in [0.4, 0.5) is 5.69 Å². The summed E-state index contributed by atoms with van der Waals surface area (Å²) >= 11 is 3.40. The minimum atomic E-state index is -1.03. The van der Waals surface area contributed by atoms with Crippen LogP contribution in [0.15, 0.2) is 46.9 Å². The molecule has 108 valence electrons. The fourth-order valence-corrected chi connectivity index (χ4v) is 2.23. The number of carbonyl (C=O) groups excluding carboxylic acids is 1. The SMILES string of the molecule is Cc1cc(NC(=O)Cc2ccccc2C(=O)O)ccc1Br. The molecule has 0 aliphatic heterocycles. The van der Waals surface area contributed by atoms with Crippen molar-refractivity contribution in [2.24, 2.45) is 0 Å². The summed E-state index contributed by atoms with van der Waals surface area (Å²) in [4.78, 5) is 23.1. The number of rotatable bonds is 4. The second kappa shape index (κ2) is 6.54. The maximum atomic E-state index is 12.0. The van der Waals surface area contributed by atoms with Gasteiger partial charge in [0.2, 0.25) is 5.91 Å². The number of anilines is 1. The molecule has 0 fully saturated rings. The number of carbonyl (C=O) groups is 2. The number of hydrogen-bond donors (Lipinski definition) is 2. The lowest BCUT2D eigenvalue weighted by atomic mass is 10.0. The molecular weight excluding hydrogens is 334 g/mol. The largest absolute Gasteiger partial charge is 0.478 e. The molecule has 2 rings (SSSR count). The smallest absolute Gasteiger partial charge is 0.335 e. The third kappa shape index (κ3) is 3.92. The van der Waals surface area contributed by atoms with Crippen LogP contribution in [-0.4, -0.2) is 17.0 Å². The molecule has 0 radical (unpaired) electrons. The number of carboxylic acids is 1. The Kier molecular flexibility index (Phi) is 4.75. The van der Waals surface area contributed by atoms with Crippen LogP contribution in [-0.2, 0) is 11.2 Å². The van der Waals surface area contributed by atoms with Gasteiger partial charge in [-0.05, 0) is 42.3 Å². The van der Waals surface area contributed by atoms with Gasteiger partial charge in [-0.3, -0.25) is 4.79 Å². The summed E-state index contributed by atoms with van der Waals surface area (Å²) in [6.07, 6.45) is 0.0254. The fraction of sp³-hybridized carbons (Fsp3) is 0.125. The first kappa shape index (κ1) is 15.3. The van der Waals surface area contributed by atoms with E-state index in [1.807, 2.05) is 19.1 Å². The van der Waals surface area contributed by atoms with Crippen LogP contribution >= 0.6 is 15.9 Å². The van der Waals surface area contributed by atoms with Crippen LogP contribution in [0, 0.1) is 6.92 Å². The molecule has 1 amide bonds. The second-order valence-electron chi connectivity index (χ2n) is 4.65. The van der Waals surface area contributed by atoms with Gasteiger partial charge in [0.05, 0.1) is 12.0 Å². The van der Waals surface area contributed by atoms with Gasteiger partial charge in [0.25, 0.3) is 0 Å². The van der Waals surface area contributed by atoms with Gasteiger partial charge in [0, 0.05) is 10.2 Å². The molecule has 0 aromatic heterocycles. The Balaban J connectivity index is 2.12. The van der Waals surface area contributed by atoms with Crippen molar-refractivity contribution in [3.8, 4) is 0 Å². The van der Waals surface area contributed by atoms with E-state index in [-0.39, 0.29) is 17.9 Å². The molecular formula is C16H14BrNO3. The van der Waals surface area contributed by atoms with Crippen molar-refractivity contribution in [2.45, 2.75) is 13.3 Å². The van der Waals surface area contributed by atoms with Gasteiger partial charge in [-0.25, -0.2) is 4.79 Å². The number of amides is 1. The first-order valence-corrected chi connectivity index (χ1v) is 7.14. The normalized spacial score (nSPS) is 10.2. The van der Waals surface area contributed by atoms with Crippen molar-refractivity contribution >= 4 is 33.5 Å². The van der Waals surface area contributed by atoms with E-state index in [1.165, 1.54) is 6.07 Å². The number of benzene rings is 2. The van der Waals surface area contributed by atoms with Gasteiger partial charge in [-0.2, -0.15) is 0 Å². The van der Waals surface area contributed by atoms with Crippen LogP contribution in [0.3, 0.4) is 0 Å². The lowest BCUT2D eigenvalue weighted by Gasteiger charge is -2.08. The highest BCUT2D eigenvalue weighted by molar-refractivity contribution is 9.10. The van der Waals surface area contributed by atoms with Gasteiger partial charge >= 0.3 is 5.97 Å². The van der Waals surface area contributed by atoms with E-state index in [0.29, 0.717) is 11.3 Å². The molecule has 2 aromatic carbocycles. The molecule has 0 heterocycles. The Morgan fingerprint density at radius 1 is 1.19 bits per heavy atom. The molecule has 4 nitrogen and oxygen atoms in total. The van der Waals surface area contributed by atoms with Crippen LogP contribution < -0.4 is 5.32 Å². The molecule has 0 aliphatic carbocycles. The third-order valence-corrected chi connectivity index (χ3v) is 3.93. The van der Waals surface area contributed by atoms with E-state index < -0.39 is 5.97 Å². The van der Waals surface area contributed by atoms with E-state index in [2.05, 4.69) is 21.2 Å². The predicted molar refractivity (Wildman–Crippen MR) is 84.6 cm³/mol. The van der Waals surface area contributed by atoms with E-state index >= 15 is 0 Å². The van der Waals surface area contributed by atoms with E-state index in [1.54, 1.807) is 24.3 Å². The van der Waals surface area contributed by atoms with E-state index in [9.17, 15) is 9.59 Å². The Morgan fingerprint density at radius 3 is 2.57 bits per heavy atom. The van der Waals surface area contributed by atoms with Crippen molar-refractivity contribution in [1.82, 2.24) is 0 Å². The quantitative estimate of drug-likeness (QED) is 0.887. The number of halogens is 1. The highest BCUT2D eigenvalue weighted by Crippen LogP contribution is 2.20. The maximum Gasteiger partial charge on any atom is 0.335 e. The summed E-state index contributed by atoms with van der Waals surface area (Å²) in [5.41, 5.74) is 2.35. The molecule has 0 atom stereocenters. The molecule has 0 bridgehead atoms. The predicted octanol–water partition coefficient (Wildman–Crippen LogP) is 3.64. The minimum Gasteiger partial charge on any atom is -0.478 e. The van der Waals surface area contributed by atoms with E-state index in [4.69, 9.17) is 5.11 Å². The molecule has 0 saturated carbocycles. The van der Waals surface area contributed by atoms with Crippen molar-refractivity contribution in [1.29, 1.82) is 0 Å². The first-order valence-electron chi connectivity index (χ1n) is 6.34. The zero-order valence-corrected chi connectivity index (χ0v) is 13.0. The van der Waals surface area contributed by atoms with Crippen LogP contribution in [0.5, 0.6) is 0 Å². The molecule has 0 spiro atoms.